The molecular weight excluding hydrogens is 463 g/mol. The van der Waals surface area contributed by atoms with Crippen LogP contribution in [0, 0.1) is 5.82 Å². The van der Waals surface area contributed by atoms with Gasteiger partial charge in [0.1, 0.15) is 18.1 Å². The molecule has 1 aliphatic heterocycles. The zero-order valence-corrected chi connectivity index (χ0v) is 19.2. The van der Waals surface area contributed by atoms with Gasteiger partial charge < -0.3 is 19.5 Å². The molecule has 3 aromatic carbocycles. The molecule has 0 saturated heterocycles. The molecule has 0 aliphatic carbocycles. The summed E-state index contributed by atoms with van der Waals surface area (Å²) in [5.41, 5.74) is 1.04. The standard InChI is InChI=1S/C24H23FN2O6S/c1-2-31-20-8-6-19(7-9-20)27(34(29,30)21-10-4-18(25)5-11-21)15-24(28)26-14-17-3-12-22-23(13-17)33-16-32-22/h3-13H,2,14-16H2,1H3,(H,26,28). The molecule has 0 bridgehead atoms. The summed E-state index contributed by atoms with van der Waals surface area (Å²) in [6, 6.07) is 16.1. The van der Waals surface area contributed by atoms with E-state index in [1.165, 1.54) is 0 Å². The highest BCUT2D eigenvalue weighted by Gasteiger charge is 2.27. The first-order valence-corrected chi connectivity index (χ1v) is 12.0. The molecule has 3 aromatic rings. The van der Waals surface area contributed by atoms with Crippen LogP contribution < -0.4 is 23.8 Å². The number of hydrogen-bond donors (Lipinski definition) is 1. The van der Waals surface area contributed by atoms with Gasteiger partial charge in [-0.2, -0.15) is 0 Å². The first kappa shape index (κ1) is 23.4. The van der Waals surface area contributed by atoms with Crippen molar-refractivity contribution >= 4 is 21.6 Å². The van der Waals surface area contributed by atoms with E-state index in [-0.39, 0.29) is 23.9 Å². The summed E-state index contributed by atoms with van der Waals surface area (Å²) in [5, 5.41) is 2.73. The fourth-order valence-electron chi connectivity index (χ4n) is 3.36. The van der Waals surface area contributed by atoms with E-state index in [0.717, 1.165) is 34.1 Å². The number of anilines is 1. The number of ether oxygens (including phenoxy) is 3. The molecule has 0 saturated carbocycles. The molecule has 0 spiro atoms. The maximum atomic E-state index is 13.4. The van der Waals surface area contributed by atoms with Crippen LogP contribution in [0.5, 0.6) is 17.2 Å². The minimum Gasteiger partial charge on any atom is -0.494 e. The summed E-state index contributed by atoms with van der Waals surface area (Å²) in [7, 11) is -4.15. The quantitative estimate of drug-likeness (QED) is 0.498. The molecule has 0 aromatic heterocycles. The van der Waals surface area contributed by atoms with Gasteiger partial charge in [0.25, 0.3) is 10.0 Å². The van der Waals surface area contributed by atoms with Gasteiger partial charge in [-0.3, -0.25) is 9.10 Å². The van der Waals surface area contributed by atoms with Gasteiger partial charge in [0.05, 0.1) is 17.2 Å². The molecule has 10 heteroatoms. The highest BCUT2D eigenvalue weighted by molar-refractivity contribution is 7.92. The Labute approximate surface area is 196 Å². The molecular formula is C24H23FN2O6S. The summed E-state index contributed by atoms with van der Waals surface area (Å²) in [6.45, 7) is 2.13. The summed E-state index contributed by atoms with van der Waals surface area (Å²) in [4.78, 5) is 12.6. The molecule has 1 amide bonds. The lowest BCUT2D eigenvalue weighted by molar-refractivity contribution is -0.119. The van der Waals surface area contributed by atoms with E-state index in [4.69, 9.17) is 14.2 Å². The average molecular weight is 487 g/mol. The van der Waals surface area contributed by atoms with Gasteiger partial charge in [-0.1, -0.05) is 6.07 Å². The Morgan fingerprint density at radius 2 is 1.74 bits per heavy atom. The predicted molar refractivity (Wildman–Crippen MR) is 123 cm³/mol. The van der Waals surface area contributed by atoms with Crippen LogP contribution in [0.4, 0.5) is 10.1 Å². The largest absolute Gasteiger partial charge is 0.494 e. The zero-order chi connectivity index (χ0) is 24.1. The third-order valence-corrected chi connectivity index (χ3v) is 6.84. The number of nitrogens with zero attached hydrogens (tertiary/aromatic N) is 1. The first-order chi connectivity index (χ1) is 16.4. The summed E-state index contributed by atoms with van der Waals surface area (Å²) >= 11 is 0. The third-order valence-electron chi connectivity index (χ3n) is 5.05. The van der Waals surface area contributed by atoms with E-state index in [1.54, 1.807) is 42.5 Å². The van der Waals surface area contributed by atoms with E-state index < -0.39 is 28.3 Å². The van der Waals surface area contributed by atoms with Crippen LogP contribution in [0.1, 0.15) is 12.5 Å². The molecule has 8 nitrogen and oxygen atoms in total. The maximum absolute atomic E-state index is 13.4. The molecule has 1 heterocycles. The number of fused-ring (bicyclic) bond motifs is 1. The lowest BCUT2D eigenvalue weighted by Gasteiger charge is -2.24. The van der Waals surface area contributed by atoms with Crippen molar-refractivity contribution in [1.82, 2.24) is 5.32 Å². The van der Waals surface area contributed by atoms with E-state index in [9.17, 15) is 17.6 Å². The Hall–Kier alpha value is -3.79. The number of benzene rings is 3. The monoisotopic (exact) mass is 486 g/mol. The van der Waals surface area contributed by atoms with E-state index in [2.05, 4.69) is 5.32 Å². The van der Waals surface area contributed by atoms with E-state index in [0.29, 0.717) is 23.9 Å². The summed E-state index contributed by atoms with van der Waals surface area (Å²) in [6.07, 6.45) is 0. The van der Waals surface area contributed by atoms with E-state index >= 15 is 0 Å². The molecule has 0 atom stereocenters. The van der Waals surface area contributed by atoms with Crippen molar-refractivity contribution in [3.8, 4) is 17.2 Å². The first-order valence-electron chi connectivity index (χ1n) is 10.5. The van der Waals surface area contributed by atoms with Gasteiger partial charge in [-0.25, -0.2) is 12.8 Å². The number of carbonyl (C=O) groups excluding carboxylic acids is 1. The fraction of sp³-hybridized carbons (Fsp3) is 0.208. The Balaban J connectivity index is 1.54. The highest BCUT2D eigenvalue weighted by atomic mass is 32.2. The molecule has 1 N–H and O–H groups in total. The Morgan fingerprint density at radius 3 is 2.44 bits per heavy atom. The second-order valence-electron chi connectivity index (χ2n) is 7.36. The predicted octanol–water partition coefficient (Wildman–Crippen LogP) is 3.46. The fourth-order valence-corrected chi connectivity index (χ4v) is 4.78. The van der Waals surface area contributed by atoms with Crippen molar-refractivity contribution in [2.24, 2.45) is 0 Å². The number of halogens is 1. The van der Waals surface area contributed by atoms with Gasteiger partial charge in [0.2, 0.25) is 12.7 Å². The van der Waals surface area contributed by atoms with Gasteiger partial charge >= 0.3 is 0 Å². The van der Waals surface area contributed by atoms with Crippen LogP contribution in [0.25, 0.3) is 0 Å². The van der Waals surface area contributed by atoms with Crippen molar-refractivity contribution in [3.63, 3.8) is 0 Å². The van der Waals surface area contributed by atoms with Gasteiger partial charge in [0.15, 0.2) is 11.5 Å². The second-order valence-corrected chi connectivity index (χ2v) is 9.22. The normalized spacial score (nSPS) is 12.3. The molecule has 0 fully saturated rings. The SMILES string of the molecule is CCOc1ccc(N(CC(=O)NCc2ccc3c(c2)OCO3)S(=O)(=O)c2ccc(F)cc2)cc1. The lowest BCUT2D eigenvalue weighted by Crippen LogP contribution is -2.40. The molecule has 4 rings (SSSR count). The van der Waals surface area contributed by atoms with Crippen molar-refractivity contribution in [1.29, 1.82) is 0 Å². The number of hydrogen-bond acceptors (Lipinski definition) is 6. The van der Waals surface area contributed by atoms with E-state index in [1.807, 2.05) is 6.92 Å². The van der Waals surface area contributed by atoms with Crippen LogP contribution in [0.3, 0.4) is 0 Å². The van der Waals surface area contributed by atoms with Crippen LogP contribution in [0.15, 0.2) is 71.6 Å². The lowest BCUT2D eigenvalue weighted by atomic mass is 10.2. The van der Waals surface area contributed by atoms with Crippen LogP contribution >= 0.6 is 0 Å². The molecule has 0 unspecified atom stereocenters. The van der Waals surface area contributed by atoms with Crippen molar-refractivity contribution in [2.45, 2.75) is 18.4 Å². The zero-order valence-electron chi connectivity index (χ0n) is 18.4. The molecule has 178 valence electrons. The van der Waals surface area contributed by atoms with Gasteiger partial charge in [-0.05, 0) is 73.2 Å². The van der Waals surface area contributed by atoms with Crippen molar-refractivity contribution in [3.05, 3.63) is 78.1 Å². The molecule has 34 heavy (non-hydrogen) atoms. The smallest absolute Gasteiger partial charge is 0.264 e. The Kier molecular flexibility index (Phi) is 6.87. The van der Waals surface area contributed by atoms with Crippen LogP contribution in [-0.4, -0.2) is 34.3 Å². The minimum absolute atomic E-state index is 0.133. The second kappa shape index (κ2) is 10.0. The number of sulfonamides is 1. The summed E-state index contributed by atoms with van der Waals surface area (Å²) in [5.74, 6) is 0.701. The molecule has 0 radical (unpaired) electrons. The number of carbonyl (C=O) groups is 1. The maximum Gasteiger partial charge on any atom is 0.264 e. The van der Waals surface area contributed by atoms with Crippen molar-refractivity contribution in [2.75, 3.05) is 24.2 Å². The highest BCUT2D eigenvalue weighted by Crippen LogP contribution is 2.32. The number of rotatable bonds is 9. The van der Waals surface area contributed by atoms with Crippen LogP contribution in [0.2, 0.25) is 0 Å². The average Bonchev–Trinajstić information content (AvgIpc) is 3.30. The Morgan fingerprint density at radius 1 is 1.03 bits per heavy atom. The van der Waals surface area contributed by atoms with Gasteiger partial charge in [-0.15, -0.1) is 0 Å². The number of amides is 1. The van der Waals surface area contributed by atoms with Crippen LogP contribution in [-0.2, 0) is 21.4 Å². The van der Waals surface area contributed by atoms with Gasteiger partial charge in [0, 0.05) is 6.54 Å². The number of nitrogens with one attached hydrogen (secondary N) is 1. The topological polar surface area (TPSA) is 94.2 Å². The summed E-state index contributed by atoms with van der Waals surface area (Å²) < 4.78 is 57.1. The third kappa shape index (κ3) is 5.23. The van der Waals surface area contributed by atoms with Crippen molar-refractivity contribution < 1.29 is 31.8 Å². The minimum atomic E-state index is -4.15. The Bertz CT molecular complexity index is 1260. The molecule has 1 aliphatic rings.